The number of carbonyl (C=O) groups is 2. The molecule has 2 N–H and O–H groups in total. The summed E-state index contributed by atoms with van der Waals surface area (Å²) in [6, 6.07) is 6.84. The number of hydrogen-bond acceptors (Lipinski definition) is 4. The predicted octanol–water partition coefficient (Wildman–Crippen LogP) is 1.84. The van der Waals surface area contributed by atoms with E-state index in [4.69, 9.17) is 14.6 Å². The van der Waals surface area contributed by atoms with E-state index in [2.05, 4.69) is 5.32 Å². The number of nitrogens with one attached hydrogen (secondary N) is 1. The van der Waals surface area contributed by atoms with E-state index in [0.29, 0.717) is 37.4 Å². The highest BCUT2D eigenvalue weighted by Crippen LogP contribution is 2.35. The Bertz CT molecular complexity index is 539. The lowest BCUT2D eigenvalue weighted by atomic mass is 9.74. The van der Waals surface area contributed by atoms with E-state index in [9.17, 15) is 9.59 Å². The Labute approximate surface area is 129 Å². The van der Waals surface area contributed by atoms with Crippen molar-refractivity contribution in [3.63, 3.8) is 0 Å². The molecule has 1 fully saturated rings. The fourth-order valence-corrected chi connectivity index (χ4v) is 2.52. The third-order valence-corrected chi connectivity index (χ3v) is 3.83. The van der Waals surface area contributed by atoms with Crippen LogP contribution in [0.2, 0.25) is 0 Å². The van der Waals surface area contributed by atoms with Gasteiger partial charge in [0.15, 0.2) is 0 Å². The van der Waals surface area contributed by atoms with Crippen LogP contribution in [-0.2, 0) is 9.53 Å². The van der Waals surface area contributed by atoms with Crippen LogP contribution in [0.5, 0.6) is 5.75 Å². The number of methoxy groups -OCH3 is 1. The number of carboxylic acids is 1. The van der Waals surface area contributed by atoms with Gasteiger partial charge in [0.1, 0.15) is 12.4 Å². The van der Waals surface area contributed by atoms with Gasteiger partial charge in [0.2, 0.25) is 0 Å². The first-order chi connectivity index (χ1) is 10.5. The molecule has 1 aromatic carbocycles. The molecule has 0 saturated heterocycles. The Kier molecular flexibility index (Phi) is 5.38. The quantitative estimate of drug-likeness (QED) is 0.716. The predicted molar refractivity (Wildman–Crippen MR) is 80.1 cm³/mol. The zero-order valence-corrected chi connectivity index (χ0v) is 12.6. The third kappa shape index (κ3) is 4.21. The summed E-state index contributed by atoms with van der Waals surface area (Å²) in [7, 11) is 1.59. The van der Waals surface area contributed by atoms with E-state index < -0.39 is 11.5 Å². The molecule has 1 saturated carbocycles. The van der Waals surface area contributed by atoms with Crippen LogP contribution in [0.25, 0.3) is 0 Å². The van der Waals surface area contributed by atoms with E-state index in [-0.39, 0.29) is 12.3 Å². The molecule has 2 rings (SSSR count). The van der Waals surface area contributed by atoms with Gasteiger partial charge in [-0.1, -0.05) is 6.07 Å². The molecule has 120 valence electrons. The Balaban J connectivity index is 1.99. The van der Waals surface area contributed by atoms with Crippen molar-refractivity contribution in [3.05, 3.63) is 29.8 Å². The van der Waals surface area contributed by atoms with Crippen molar-refractivity contribution in [3.8, 4) is 5.75 Å². The van der Waals surface area contributed by atoms with Crippen LogP contribution >= 0.6 is 0 Å². The highest BCUT2D eigenvalue weighted by Gasteiger charge is 2.40. The van der Waals surface area contributed by atoms with Crippen LogP contribution in [0.15, 0.2) is 24.3 Å². The smallest absolute Gasteiger partial charge is 0.305 e. The van der Waals surface area contributed by atoms with Gasteiger partial charge in [-0.2, -0.15) is 0 Å². The van der Waals surface area contributed by atoms with Gasteiger partial charge in [0, 0.05) is 12.7 Å². The van der Waals surface area contributed by atoms with Crippen molar-refractivity contribution in [2.45, 2.75) is 31.2 Å². The van der Waals surface area contributed by atoms with Crippen LogP contribution in [0, 0.1) is 0 Å². The lowest BCUT2D eigenvalue weighted by Gasteiger charge is -2.41. The molecule has 6 heteroatoms. The monoisotopic (exact) mass is 307 g/mol. The van der Waals surface area contributed by atoms with Crippen LogP contribution in [0.1, 0.15) is 36.0 Å². The number of carboxylic acid groups (broad SMARTS) is 1. The van der Waals surface area contributed by atoms with Gasteiger partial charge in [-0.15, -0.1) is 0 Å². The first kappa shape index (κ1) is 16.3. The average molecular weight is 307 g/mol. The van der Waals surface area contributed by atoms with Crippen molar-refractivity contribution < 1.29 is 24.2 Å². The Morgan fingerprint density at radius 1 is 1.32 bits per heavy atom. The molecule has 0 unspecified atom stereocenters. The van der Waals surface area contributed by atoms with Crippen molar-refractivity contribution in [2.75, 3.05) is 20.3 Å². The first-order valence-electron chi connectivity index (χ1n) is 7.31. The number of ether oxygens (including phenoxy) is 2. The fourth-order valence-electron chi connectivity index (χ4n) is 2.52. The number of aliphatic carboxylic acids is 1. The number of amides is 1. The molecule has 0 spiro atoms. The van der Waals surface area contributed by atoms with Crippen molar-refractivity contribution in [2.24, 2.45) is 0 Å². The van der Waals surface area contributed by atoms with E-state index in [1.54, 1.807) is 31.4 Å². The Morgan fingerprint density at radius 2 is 2.09 bits per heavy atom. The topological polar surface area (TPSA) is 84.9 Å². The van der Waals surface area contributed by atoms with Gasteiger partial charge >= 0.3 is 5.97 Å². The molecule has 0 atom stereocenters. The maximum Gasteiger partial charge on any atom is 0.305 e. The minimum atomic E-state index is -0.892. The maximum absolute atomic E-state index is 12.3. The highest BCUT2D eigenvalue weighted by atomic mass is 16.5. The van der Waals surface area contributed by atoms with Gasteiger partial charge in [-0.3, -0.25) is 9.59 Å². The van der Waals surface area contributed by atoms with Crippen molar-refractivity contribution in [1.29, 1.82) is 0 Å². The summed E-state index contributed by atoms with van der Waals surface area (Å²) in [5.41, 5.74) is -0.137. The second kappa shape index (κ2) is 7.26. The Hall–Kier alpha value is -2.08. The van der Waals surface area contributed by atoms with Crippen molar-refractivity contribution >= 4 is 11.9 Å². The molecule has 1 aromatic rings. The summed E-state index contributed by atoms with van der Waals surface area (Å²) >= 11 is 0. The molecule has 1 aliphatic carbocycles. The van der Waals surface area contributed by atoms with E-state index in [1.807, 2.05) is 0 Å². The second-order valence-electron chi connectivity index (χ2n) is 5.53. The molecule has 1 amide bonds. The van der Waals surface area contributed by atoms with Gasteiger partial charge < -0.3 is 19.9 Å². The molecule has 0 aromatic heterocycles. The summed E-state index contributed by atoms with van der Waals surface area (Å²) in [5.74, 6) is -0.569. The van der Waals surface area contributed by atoms with Gasteiger partial charge in [0.25, 0.3) is 5.91 Å². The number of rotatable bonds is 8. The molecule has 0 aliphatic heterocycles. The zero-order chi connectivity index (χ0) is 16.0. The molecular formula is C16H21NO5. The summed E-state index contributed by atoms with van der Waals surface area (Å²) in [5, 5.41) is 11.9. The minimum absolute atomic E-state index is 0.0389. The Morgan fingerprint density at radius 3 is 2.68 bits per heavy atom. The van der Waals surface area contributed by atoms with Crippen LogP contribution in [0.4, 0.5) is 0 Å². The number of hydrogen-bond donors (Lipinski definition) is 2. The number of carbonyl (C=O) groups excluding carboxylic acids is 1. The summed E-state index contributed by atoms with van der Waals surface area (Å²) in [4.78, 5) is 23.3. The molecule has 0 radical (unpaired) electrons. The van der Waals surface area contributed by atoms with Crippen LogP contribution < -0.4 is 10.1 Å². The number of benzene rings is 1. The zero-order valence-electron chi connectivity index (χ0n) is 12.6. The summed E-state index contributed by atoms with van der Waals surface area (Å²) in [6.07, 6.45) is 2.31. The summed E-state index contributed by atoms with van der Waals surface area (Å²) < 4.78 is 10.4. The van der Waals surface area contributed by atoms with E-state index in [0.717, 1.165) is 6.42 Å². The molecule has 6 nitrogen and oxygen atoms in total. The largest absolute Gasteiger partial charge is 0.491 e. The lowest BCUT2D eigenvalue weighted by molar-refractivity contribution is -0.139. The molecule has 22 heavy (non-hydrogen) atoms. The second-order valence-corrected chi connectivity index (χ2v) is 5.53. The molecule has 0 bridgehead atoms. The molecule has 0 heterocycles. The van der Waals surface area contributed by atoms with Crippen molar-refractivity contribution in [1.82, 2.24) is 5.32 Å². The first-order valence-corrected chi connectivity index (χ1v) is 7.31. The van der Waals surface area contributed by atoms with Crippen LogP contribution in [-0.4, -0.2) is 42.8 Å². The van der Waals surface area contributed by atoms with Gasteiger partial charge in [-0.05, 0) is 37.5 Å². The average Bonchev–Trinajstić information content (AvgIpc) is 2.45. The van der Waals surface area contributed by atoms with E-state index >= 15 is 0 Å². The minimum Gasteiger partial charge on any atom is -0.491 e. The van der Waals surface area contributed by atoms with Crippen LogP contribution in [0.3, 0.4) is 0 Å². The normalized spacial score (nSPS) is 15.7. The van der Waals surface area contributed by atoms with Gasteiger partial charge in [0.05, 0.1) is 18.6 Å². The SMILES string of the molecule is COCCOc1cccc(C(=O)NC2(CC(=O)O)CCC2)c1. The summed E-state index contributed by atoms with van der Waals surface area (Å²) in [6.45, 7) is 0.878. The van der Waals surface area contributed by atoms with E-state index in [1.165, 1.54) is 0 Å². The highest BCUT2D eigenvalue weighted by molar-refractivity contribution is 5.95. The molecule has 1 aliphatic rings. The van der Waals surface area contributed by atoms with Gasteiger partial charge in [-0.25, -0.2) is 0 Å². The molecular weight excluding hydrogens is 286 g/mol. The maximum atomic E-state index is 12.3. The fraction of sp³-hybridized carbons (Fsp3) is 0.500. The lowest BCUT2D eigenvalue weighted by Crippen LogP contribution is -2.54. The standard InChI is InChI=1S/C16H21NO5/c1-21-8-9-22-13-5-2-4-12(10-13)15(20)17-16(6-3-7-16)11-14(18)19/h2,4-5,10H,3,6-9,11H2,1H3,(H,17,20)(H,18,19). The third-order valence-electron chi connectivity index (χ3n) is 3.83.